The molecule has 0 spiro atoms. The highest BCUT2D eigenvalue weighted by molar-refractivity contribution is 5.22. The van der Waals surface area contributed by atoms with Crippen LogP contribution >= 0.6 is 0 Å². The molecule has 18 heavy (non-hydrogen) atoms. The van der Waals surface area contributed by atoms with Gasteiger partial charge < -0.3 is 5.32 Å². The Bertz CT molecular complexity index is 398. The van der Waals surface area contributed by atoms with E-state index in [4.69, 9.17) is 5.10 Å². The summed E-state index contributed by atoms with van der Waals surface area (Å²) in [5, 5.41) is 8.31. The molecule has 0 aliphatic heterocycles. The topological polar surface area (TPSA) is 29.9 Å². The Morgan fingerprint density at radius 1 is 1.28 bits per heavy atom. The Labute approximate surface area is 110 Å². The van der Waals surface area contributed by atoms with E-state index < -0.39 is 0 Å². The van der Waals surface area contributed by atoms with E-state index in [9.17, 15) is 0 Å². The van der Waals surface area contributed by atoms with Crippen LogP contribution in [0.25, 0.3) is 0 Å². The molecule has 1 N–H and O–H groups in total. The molecule has 0 aromatic carbocycles. The highest BCUT2D eigenvalue weighted by atomic mass is 15.3. The molecule has 100 valence electrons. The van der Waals surface area contributed by atoms with Crippen LogP contribution in [-0.2, 0) is 6.54 Å². The van der Waals surface area contributed by atoms with Gasteiger partial charge in [-0.05, 0) is 31.6 Å². The van der Waals surface area contributed by atoms with E-state index >= 15 is 0 Å². The van der Waals surface area contributed by atoms with Crippen molar-refractivity contribution in [2.45, 2.75) is 76.9 Å². The highest BCUT2D eigenvalue weighted by Crippen LogP contribution is 2.33. The van der Waals surface area contributed by atoms with Crippen LogP contribution in [-0.4, -0.2) is 15.8 Å². The maximum absolute atomic E-state index is 4.69. The second-order valence-corrected chi connectivity index (χ2v) is 6.25. The summed E-state index contributed by atoms with van der Waals surface area (Å²) in [4.78, 5) is 0. The van der Waals surface area contributed by atoms with E-state index in [1.165, 1.54) is 49.8 Å². The van der Waals surface area contributed by atoms with Crippen LogP contribution in [0.4, 0.5) is 0 Å². The van der Waals surface area contributed by atoms with Gasteiger partial charge >= 0.3 is 0 Å². The average Bonchev–Trinajstić information content (AvgIpc) is 2.88. The van der Waals surface area contributed by atoms with Crippen molar-refractivity contribution in [3.8, 4) is 0 Å². The van der Waals surface area contributed by atoms with Gasteiger partial charge in [-0.15, -0.1) is 0 Å². The molecule has 2 saturated carbocycles. The zero-order chi connectivity index (χ0) is 12.5. The molecule has 2 fully saturated rings. The maximum Gasteiger partial charge on any atom is 0.0537 e. The SMILES string of the molecule is CC(C)c1c(CNC2CC2)cnn1C1CCCC1. The molecule has 0 bridgehead atoms. The molecule has 2 aliphatic rings. The number of rotatable bonds is 5. The van der Waals surface area contributed by atoms with Gasteiger partial charge in [-0.1, -0.05) is 26.7 Å². The Hall–Kier alpha value is -0.830. The minimum atomic E-state index is 0.573. The van der Waals surface area contributed by atoms with E-state index in [1.807, 2.05) is 0 Å². The summed E-state index contributed by atoms with van der Waals surface area (Å²) in [6, 6.07) is 1.44. The van der Waals surface area contributed by atoms with E-state index in [1.54, 1.807) is 0 Å². The Kier molecular flexibility index (Phi) is 3.42. The van der Waals surface area contributed by atoms with Crippen molar-refractivity contribution >= 4 is 0 Å². The first-order valence-electron chi connectivity index (χ1n) is 7.55. The fraction of sp³-hybridized carbons (Fsp3) is 0.800. The van der Waals surface area contributed by atoms with Gasteiger partial charge in [0.15, 0.2) is 0 Å². The zero-order valence-corrected chi connectivity index (χ0v) is 11.7. The molecule has 1 aromatic heterocycles. The third-order valence-electron chi connectivity index (χ3n) is 4.29. The Balaban J connectivity index is 1.79. The van der Waals surface area contributed by atoms with Crippen LogP contribution in [0.3, 0.4) is 0 Å². The highest BCUT2D eigenvalue weighted by Gasteiger charge is 2.25. The number of aromatic nitrogens is 2. The monoisotopic (exact) mass is 247 g/mol. The summed E-state index contributed by atoms with van der Waals surface area (Å²) >= 11 is 0. The second kappa shape index (κ2) is 5.04. The molecule has 3 heteroatoms. The van der Waals surface area contributed by atoms with Crippen molar-refractivity contribution in [3.05, 3.63) is 17.5 Å². The molecule has 1 aromatic rings. The first-order chi connectivity index (χ1) is 8.75. The number of hydrogen-bond donors (Lipinski definition) is 1. The third-order valence-corrected chi connectivity index (χ3v) is 4.29. The molecule has 0 unspecified atom stereocenters. The van der Waals surface area contributed by atoms with E-state index in [0.717, 1.165) is 12.6 Å². The normalized spacial score (nSPS) is 21.1. The van der Waals surface area contributed by atoms with Crippen LogP contribution in [0.15, 0.2) is 6.20 Å². The van der Waals surface area contributed by atoms with Gasteiger partial charge in [-0.3, -0.25) is 4.68 Å². The summed E-state index contributed by atoms with van der Waals surface area (Å²) < 4.78 is 2.33. The Morgan fingerprint density at radius 3 is 2.61 bits per heavy atom. The van der Waals surface area contributed by atoms with Gasteiger partial charge in [0.05, 0.1) is 12.2 Å². The van der Waals surface area contributed by atoms with Crippen molar-refractivity contribution in [1.82, 2.24) is 15.1 Å². The first kappa shape index (κ1) is 12.2. The van der Waals surface area contributed by atoms with Gasteiger partial charge in [0.2, 0.25) is 0 Å². The van der Waals surface area contributed by atoms with Crippen molar-refractivity contribution in [2.24, 2.45) is 0 Å². The van der Waals surface area contributed by atoms with Crippen LogP contribution in [0.1, 0.15) is 75.6 Å². The summed E-state index contributed by atoms with van der Waals surface area (Å²) in [7, 11) is 0. The summed E-state index contributed by atoms with van der Waals surface area (Å²) in [6.07, 6.45) is 10.2. The van der Waals surface area contributed by atoms with Crippen LogP contribution < -0.4 is 5.32 Å². The average molecular weight is 247 g/mol. The fourth-order valence-corrected chi connectivity index (χ4v) is 3.16. The van der Waals surface area contributed by atoms with Crippen LogP contribution in [0.2, 0.25) is 0 Å². The molecule has 2 aliphatic carbocycles. The predicted molar refractivity (Wildman–Crippen MR) is 73.7 cm³/mol. The predicted octanol–water partition coefficient (Wildman–Crippen LogP) is 3.37. The Morgan fingerprint density at radius 2 is 2.00 bits per heavy atom. The fourth-order valence-electron chi connectivity index (χ4n) is 3.16. The molecule has 3 nitrogen and oxygen atoms in total. The number of nitrogens with zero attached hydrogens (tertiary/aromatic N) is 2. The third kappa shape index (κ3) is 2.46. The van der Waals surface area contributed by atoms with Crippen molar-refractivity contribution < 1.29 is 0 Å². The van der Waals surface area contributed by atoms with Crippen LogP contribution in [0, 0.1) is 0 Å². The van der Waals surface area contributed by atoms with Gasteiger partial charge in [0.25, 0.3) is 0 Å². The van der Waals surface area contributed by atoms with Gasteiger partial charge in [0.1, 0.15) is 0 Å². The lowest BCUT2D eigenvalue weighted by Gasteiger charge is -2.18. The number of hydrogen-bond acceptors (Lipinski definition) is 2. The van der Waals surface area contributed by atoms with E-state index in [2.05, 4.69) is 30.0 Å². The maximum atomic E-state index is 4.69. The van der Waals surface area contributed by atoms with Gasteiger partial charge in [-0.2, -0.15) is 5.10 Å². The molecular weight excluding hydrogens is 222 g/mol. The zero-order valence-electron chi connectivity index (χ0n) is 11.7. The van der Waals surface area contributed by atoms with E-state index in [0.29, 0.717) is 12.0 Å². The van der Waals surface area contributed by atoms with E-state index in [-0.39, 0.29) is 0 Å². The lowest BCUT2D eigenvalue weighted by atomic mass is 10.0. The van der Waals surface area contributed by atoms with Gasteiger partial charge in [0, 0.05) is 23.8 Å². The molecule has 0 saturated heterocycles. The number of nitrogens with one attached hydrogen (secondary N) is 1. The second-order valence-electron chi connectivity index (χ2n) is 6.25. The summed E-state index contributed by atoms with van der Waals surface area (Å²) in [6.45, 7) is 5.59. The summed E-state index contributed by atoms with van der Waals surface area (Å²) in [5.74, 6) is 0.573. The molecule has 0 amide bonds. The van der Waals surface area contributed by atoms with Crippen LogP contribution in [0.5, 0.6) is 0 Å². The minimum absolute atomic E-state index is 0.573. The molecular formula is C15H25N3. The summed E-state index contributed by atoms with van der Waals surface area (Å²) in [5.41, 5.74) is 2.89. The lowest BCUT2D eigenvalue weighted by Crippen LogP contribution is -2.18. The smallest absolute Gasteiger partial charge is 0.0537 e. The molecule has 1 heterocycles. The minimum Gasteiger partial charge on any atom is -0.310 e. The lowest BCUT2D eigenvalue weighted by molar-refractivity contribution is 0.440. The largest absolute Gasteiger partial charge is 0.310 e. The van der Waals surface area contributed by atoms with Crippen molar-refractivity contribution in [2.75, 3.05) is 0 Å². The van der Waals surface area contributed by atoms with Crippen molar-refractivity contribution in [3.63, 3.8) is 0 Å². The van der Waals surface area contributed by atoms with Gasteiger partial charge in [-0.25, -0.2) is 0 Å². The molecule has 0 atom stereocenters. The molecule has 0 radical (unpaired) electrons. The quantitative estimate of drug-likeness (QED) is 0.864. The molecule has 3 rings (SSSR count). The van der Waals surface area contributed by atoms with Crippen molar-refractivity contribution in [1.29, 1.82) is 0 Å². The first-order valence-corrected chi connectivity index (χ1v) is 7.55. The standard InChI is InChI=1S/C15H25N3/c1-11(2)15-12(9-16-13-7-8-13)10-17-18(15)14-5-3-4-6-14/h10-11,13-14,16H,3-9H2,1-2H3.